The van der Waals surface area contributed by atoms with Crippen LogP contribution in [-0.2, 0) is 9.63 Å². The first-order valence-electron chi connectivity index (χ1n) is 9.57. The number of thiophene rings is 1. The van der Waals surface area contributed by atoms with Crippen LogP contribution in [0.1, 0.15) is 43.3 Å². The molecule has 1 fully saturated rings. The third kappa shape index (κ3) is 5.50. The lowest BCUT2D eigenvalue weighted by atomic mass is 9.98. The predicted octanol–water partition coefficient (Wildman–Crippen LogP) is 4.35. The monoisotopic (exact) mass is 435 g/mol. The van der Waals surface area contributed by atoms with Gasteiger partial charge in [0.15, 0.2) is 0 Å². The van der Waals surface area contributed by atoms with E-state index in [4.69, 9.17) is 22.2 Å². The van der Waals surface area contributed by atoms with Gasteiger partial charge in [0.05, 0.1) is 17.6 Å². The van der Waals surface area contributed by atoms with Gasteiger partial charge in [-0.05, 0) is 57.4 Å². The van der Waals surface area contributed by atoms with E-state index in [0.29, 0.717) is 28.7 Å². The Morgan fingerprint density at radius 2 is 1.97 bits per heavy atom. The number of rotatable bonds is 4. The largest absolute Gasteiger partial charge is 0.397 e. The number of nitrogens with two attached hydrogens (primary N) is 1. The van der Waals surface area contributed by atoms with Crippen LogP contribution in [0.2, 0.25) is 5.02 Å². The molecular formula is C21H26ClN3O3S. The minimum absolute atomic E-state index is 0.107. The zero-order valence-electron chi connectivity index (χ0n) is 16.8. The molecule has 2 aromatic rings. The Balaban J connectivity index is 1.64. The van der Waals surface area contributed by atoms with Crippen LogP contribution in [-0.4, -0.2) is 36.1 Å². The quantitative estimate of drug-likeness (QED) is 0.745. The van der Waals surface area contributed by atoms with E-state index in [1.54, 1.807) is 11.1 Å². The van der Waals surface area contributed by atoms with E-state index in [2.05, 4.69) is 5.32 Å². The Hall–Kier alpha value is -2.09. The van der Waals surface area contributed by atoms with E-state index in [-0.39, 0.29) is 17.9 Å². The number of halogens is 1. The Morgan fingerprint density at radius 1 is 1.28 bits per heavy atom. The van der Waals surface area contributed by atoms with Crippen molar-refractivity contribution < 1.29 is 14.4 Å². The molecule has 29 heavy (non-hydrogen) atoms. The molecule has 1 atom stereocenters. The van der Waals surface area contributed by atoms with Crippen molar-refractivity contribution >= 4 is 40.5 Å². The molecule has 0 aliphatic carbocycles. The summed E-state index contributed by atoms with van der Waals surface area (Å²) in [6.45, 7) is 6.57. The smallest absolute Gasteiger partial charge is 0.330 e. The molecule has 156 valence electrons. The SMILES string of the molecule is CC(C)(C)C(=O)ON1CCC[C@H](NC(=O)c2sc(-c3ccc(Cl)cc3)cc2N)C1. The van der Waals surface area contributed by atoms with Crippen molar-refractivity contribution in [2.45, 2.75) is 39.7 Å². The van der Waals surface area contributed by atoms with Crippen LogP contribution >= 0.6 is 22.9 Å². The van der Waals surface area contributed by atoms with Gasteiger partial charge < -0.3 is 15.9 Å². The zero-order valence-corrected chi connectivity index (χ0v) is 18.4. The van der Waals surface area contributed by atoms with Crippen molar-refractivity contribution in [3.05, 3.63) is 40.2 Å². The first kappa shape index (κ1) is 21.6. The lowest BCUT2D eigenvalue weighted by Gasteiger charge is -2.33. The molecule has 0 radical (unpaired) electrons. The van der Waals surface area contributed by atoms with Crippen LogP contribution in [0.15, 0.2) is 30.3 Å². The molecular weight excluding hydrogens is 410 g/mol. The fourth-order valence-electron chi connectivity index (χ4n) is 2.99. The first-order valence-corrected chi connectivity index (χ1v) is 10.8. The Labute approximate surface area is 179 Å². The number of nitrogens with zero attached hydrogens (tertiary/aromatic N) is 1. The number of hydroxylamine groups is 2. The van der Waals surface area contributed by atoms with Gasteiger partial charge in [0.2, 0.25) is 0 Å². The minimum atomic E-state index is -0.570. The number of benzene rings is 1. The van der Waals surface area contributed by atoms with E-state index in [1.165, 1.54) is 11.3 Å². The van der Waals surface area contributed by atoms with Crippen molar-refractivity contribution in [1.29, 1.82) is 0 Å². The van der Waals surface area contributed by atoms with Crippen LogP contribution in [0.3, 0.4) is 0 Å². The van der Waals surface area contributed by atoms with Gasteiger partial charge in [-0.2, -0.15) is 0 Å². The highest BCUT2D eigenvalue weighted by Crippen LogP contribution is 2.34. The van der Waals surface area contributed by atoms with Crippen molar-refractivity contribution in [2.24, 2.45) is 5.41 Å². The molecule has 3 N–H and O–H groups in total. The third-order valence-corrected chi connectivity index (χ3v) is 6.09. The second kappa shape index (κ2) is 8.73. The summed E-state index contributed by atoms with van der Waals surface area (Å²) in [6.07, 6.45) is 1.66. The number of hydrogen-bond acceptors (Lipinski definition) is 6. The highest BCUT2D eigenvalue weighted by Gasteiger charge is 2.30. The molecule has 8 heteroatoms. The number of nitrogens with one attached hydrogen (secondary N) is 1. The number of carbonyl (C=O) groups excluding carboxylic acids is 2. The molecule has 1 aliphatic heterocycles. The second-order valence-electron chi connectivity index (χ2n) is 8.23. The zero-order chi connectivity index (χ0) is 21.2. The summed E-state index contributed by atoms with van der Waals surface area (Å²) in [5, 5.41) is 5.32. The van der Waals surface area contributed by atoms with Gasteiger partial charge in [0, 0.05) is 22.5 Å². The molecule has 6 nitrogen and oxygen atoms in total. The fraction of sp³-hybridized carbons (Fsp3) is 0.429. The van der Waals surface area contributed by atoms with Crippen molar-refractivity contribution in [1.82, 2.24) is 10.4 Å². The fourth-order valence-corrected chi connectivity index (χ4v) is 4.10. The Kier molecular flexibility index (Phi) is 6.51. The summed E-state index contributed by atoms with van der Waals surface area (Å²) in [7, 11) is 0. The van der Waals surface area contributed by atoms with Crippen molar-refractivity contribution in [3.63, 3.8) is 0 Å². The molecule has 0 saturated carbocycles. The second-order valence-corrected chi connectivity index (χ2v) is 9.72. The van der Waals surface area contributed by atoms with Crippen LogP contribution in [0, 0.1) is 5.41 Å². The number of anilines is 1. The molecule has 0 spiro atoms. The Bertz CT molecular complexity index is 890. The predicted molar refractivity (Wildman–Crippen MR) is 117 cm³/mol. The van der Waals surface area contributed by atoms with Crippen molar-refractivity contribution in [2.75, 3.05) is 18.8 Å². The minimum Gasteiger partial charge on any atom is -0.397 e. The molecule has 1 aliphatic rings. The van der Waals surface area contributed by atoms with E-state index in [9.17, 15) is 9.59 Å². The van der Waals surface area contributed by atoms with E-state index in [1.807, 2.05) is 45.0 Å². The number of hydrogen-bond donors (Lipinski definition) is 2. The lowest BCUT2D eigenvalue weighted by Crippen LogP contribution is -2.49. The highest BCUT2D eigenvalue weighted by molar-refractivity contribution is 7.18. The summed E-state index contributed by atoms with van der Waals surface area (Å²) in [5.74, 6) is -0.485. The first-order chi connectivity index (χ1) is 13.6. The van der Waals surface area contributed by atoms with E-state index < -0.39 is 5.41 Å². The van der Waals surface area contributed by atoms with Crippen LogP contribution < -0.4 is 11.1 Å². The summed E-state index contributed by atoms with van der Waals surface area (Å²) in [6, 6.07) is 9.12. The summed E-state index contributed by atoms with van der Waals surface area (Å²) >= 11 is 7.29. The summed E-state index contributed by atoms with van der Waals surface area (Å²) in [5.41, 5.74) is 6.94. The van der Waals surface area contributed by atoms with Crippen LogP contribution in [0.25, 0.3) is 10.4 Å². The molecule has 1 aromatic heterocycles. The van der Waals surface area contributed by atoms with E-state index in [0.717, 1.165) is 23.3 Å². The third-order valence-electron chi connectivity index (χ3n) is 4.64. The van der Waals surface area contributed by atoms with Crippen LogP contribution in [0.4, 0.5) is 5.69 Å². The molecule has 3 rings (SSSR count). The maximum atomic E-state index is 12.8. The Morgan fingerprint density at radius 3 is 2.62 bits per heavy atom. The van der Waals surface area contributed by atoms with Gasteiger partial charge in [-0.3, -0.25) is 4.79 Å². The number of piperidine rings is 1. The maximum absolute atomic E-state index is 12.8. The van der Waals surface area contributed by atoms with Gasteiger partial charge in [-0.15, -0.1) is 16.4 Å². The molecule has 0 bridgehead atoms. The molecule has 2 heterocycles. The number of nitrogen functional groups attached to an aromatic ring is 1. The molecule has 1 saturated heterocycles. The standard InChI is InChI=1S/C21H26ClN3O3S/c1-21(2,3)20(27)28-25-10-4-5-15(12-25)24-19(26)18-16(23)11-17(29-18)13-6-8-14(22)9-7-13/h6-9,11,15H,4-5,10,12,23H2,1-3H3,(H,24,26)/t15-/m0/s1. The van der Waals surface area contributed by atoms with Gasteiger partial charge in [0.25, 0.3) is 5.91 Å². The average Bonchev–Trinajstić information content (AvgIpc) is 3.03. The van der Waals surface area contributed by atoms with Gasteiger partial charge in [0.1, 0.15) is 4.88 Å². The van der Waals surface area contributed by atoms with Crippen molar-refractivity contribution in [3.8, 4) is 10.4 Å². The highest BCUT2D eigenvalue weighted by atomic mass is 35.5. The van der Waals surface area contributed by atoms with Gasteiger partial charge in [-0.1, -0.05) is 23.7 Å². The summed E-state index contributed by atoms with van der Waals surface area (Å²) in [4.78, 5) is 31.8. The van der Waals surface area contributed by atoms with E-state index >= 15 is 0 Å². The normalized spacial score (nSPS) is 17.7. The molecule has 0 unspecified atom stereocenters. The van der Waals surface area contributed by atoms with Gasteiger partial charge in [-0.25, -0.2) is 4.79 Å². The van der Waals surface area contributed by atoms with Gasteiger partial charge >= 0.3 is 5.97 Å². The molecule has 1 aromatic carbocycles. The number of amides is 1. The number of carbonyl (C=O) groups is 2. The lowest BCUT2D eigenvalue weighted by molar-refractivity contribution is -0.205. The topological polar surface area (TPSA) is 84.7 Å². The summed E-state index contributed by atoms with van der Waals surface area (Å²) < 4.78 is 0. The maximum Gasteiger partial charge on any atom is 0.330 e. The van der Waals surface area contributed by atoms with Crippen LogP contribution in [0.5, 0.6) is 0 Å². The average molecular weight is 436 g/mol. The molecule has 1 amide bonds.